The van der Waals surface area contributed by atoms with Gasteiger partial charge in [-0.1, -0.05) is 23.7 Å². The van der Waals surface area contributed by atoms with E-state index in [1.807, 2.05) is 6.07 Å². The van der Waals surface area contributed by atoms with Crippen LogP contribution in [0.1, 0.15) is 50.8 Å². The molecule has 2 aromatic rings. The summed E-state index contributed by atoms with van der Waals surface area (Å²) in [7, 11) is -3.44. The van der Waals surface area contributed by atoms with Gasteiger partial charge in [-0.2, -0.15) is 4.68 Å². The van der Waals surface area contributed by atoms with E-state index in [2.05, 4.69) is 52.5 Å². The first-order chi connectivity index (χ1) is 16.4. The predicted molar refractivity (Wildman–Crippen MR) is 138 cm³/mol. The fourth-order valence-electron chi connectivity index (χ4n) is 5.02. The maximum absolute atomic E-state index is 12.8. The van der Waals surface area contributed by atoms with E-state index in [9.17, 15) is 13.2 Å². The Morgan fingerprint density at radius 1 is 1.14 bits per heavy atom. The zero-order valence-electron chi connectivity index (χ0n) is 20.9. The second kappa shape index (κ2) is 10.1. The van der Waals surface area contributed by atoms with Gasteiger partial charge in [0.1, 0.15) is 0 Å². The second-order valence-electron chi connectivity index (χ2n) is 10.4. The monoisotopic (exact) mass is 522 g/mol. The van der Waals surface area contributed by atoms with Crippen molar-refractivity contribution in [3.63, 3.8) is 0 Å². The maximum atomic E-state index is 12.8. The summed E-state index contributed by atoms with van der Waals surface area (Å²) in [5.74, 6) is 0.130. The van der Waals surface area contributed by atoms with Crippen molar-refractivity contribution in [3.8, 4) is 0 Å². The number of hydrogen-bond donors (Lipinski definition) is 1. The van der Waals surface area contributed by atoms with Crippen LogP contribution >= 0.6 is 11.6 Å². The van der Waals surface area contributed by atoms with Crippen LogP contribution in [-0.4, -0.2) is 83.4 Å². The summed E-state index contributed by atoms with van der Waals surface area (Å²) in [5, 5.41) is 4.87. The Balaban J connectivity index is 1.36. The number of rotatable bonds is 5. The van der Waals surface area contributed by atoms with Crippen LogP contribution in [0.4, 0.5) is 10.6 Å². The van der Waals surface area contributed by atoms with Crippen molar-refractivity contribution < 1.29 is 13.2 Å². The number of anilines is 1. The highest BCUT2D eigenvalue weighted by atomic mass is 35.5. The molecular weight excluding hydrogens is 488 g/mol. The van der Waals surface area contributed by atoms with E-state index >= 15 is 0 Å². The summed E-state index contributed by atoms with van der Waals surface area (Å²) in [6.07, 6.45) is 4.82. The van der Waals surface area contributed by atoms with Crippen molar-refractivity contribution in [3.05, 3.63) is 46.6 Å². The zero-order valence-corrected chi connectivity index (χ0v) is 22.4. The minimum absolute atomic E-state index is 0.0968. The van der Waals surface area contributed by atoms with Crippen LogP contribution < -0.4 is 4.72 Å². The minimum atomic E-state index is -3.44. The number of benzene rings is 1. The Morgan fingerprint density at radius 3 is 2.51 bits per heavy atom. The van der Waals surface area contributed by atoms with Crippen molar-refractivity contribution in [1.82, 2.24) is 24.5 Å². The molecule has 1 amide bonds. The Bertz CT molecular complexity index is 1170. The van der Waals surface area contributed by atoms with Crippen molar-refractivity contribution in [2.75, 3.05) is 43.7 Å². The van der Waals surface area contributed by atoms with Crippen LogP contribution in [-0.2, 0) is 16.6 Å². The lowest BCUT2D eigenvalue weighted by molar-refractivity contribution is 0.121. The molecule has 1 N–H and O–H groups in total. The molecule has 1 aromatic heterocycles. The van der Waals surface area contributed by atoms with Gasteiger partial charge in [0.2, 0.25) is 10.0 Å². The van der Waals surface area contributed by atoms with Gasteiger partial charge in [0, 0.05) is 61.6 Å². The molecule has 35 heavy (non-hydrogen) atoms. The number of likely N-dealkylation sites (tertiary alicyclic amines) is 1. The van der Waals surface area contributed by atoms with E-state index in [0.717, 1.165) is 43.9 Å². The topological polar surface area (TPSA) is 90.8 Å². The summed E-state index contributed by atoms with van der Waals surface area (Å²) in [6, 6.07) is 7.93. The van der Waals surface area contributed by atoms with Crippen molar-refractivity contribution in [2.45, 2.75) is 51.7 Å². The molecule has 2 saturated heterocycles. The van der Waals surface area contributed by atoms with Crippen molar-refractivity contribution in [2.24, 2.45) is 0 Å². The van der Waals surface area contributed by atoms with Crippen LogP contribution in [0, 0.1) is 0 Å². The highest BCUT2D eigenvalue weighted by Crippen LogP contribution is 2.40. The number of aromatic nitrogens is 2. The van der Waals surface area contributed by atoms with E-state index in [-0.39, 0.29) is 17.4 Å². The molecule has 0 radical (unpaired) electrons. The Kier molecular flexibility index (Phi) is 7.47. The maximum Gasteiger partial charge on any atom is 0.344 e. The average molecular weight is 523 g/mol. The molecule has 3 heterocycles. The molecule has 2 fully saturated rings. The van der Waals surface area contributed by atoms with Gasteiger partial charge in [-0.15, -0.1) is 5.10 Å². The van der Waals surface area contributed by atoms with E-state index in [4.69, 9.17) is 11.6 Å². The molecule has 1 atom stereocenters. The van der Waals surface area contributed by atoms with E-state index in [1.165, 1.54) is 34.5 Å². The van der Waals surface area contributed by atoms with Crippen LogP contribution in [0.25, 0.3) is 0 Å². The number of halogens is 1. The van der Waals surface area contributed by atoms with Gasteiger partial charge >= 0.3 is 6.03 Å². The molecule has 11 heteroatoms. The molecule has 0 spiro atoms. The fourth-order valence-corrected chi connectivity index (χ4v) is 5.75. The molecule has 4 rings (SSSR count). The molecule has 0 bridgehead atoms. The first-order valence-electron chi connectivity index (χ1n) is 12.0. The van der Waals surface area contributed by atoms with Crippen LogP contribution in [0.3, 0.4) is 0 Å². The molecule has 1 unspecified atom stereocenters. The zero-order chi connectivity index (χ0) is 25.4. The quantitative estimate of drug-likeness (QED) is 0.645. The van der Waals surface area contributed by atoms with Gasteiger partial charge in [0.05, 0.1) is 6.26 Å². The first-order valence-corrected chi connectivity index (χ1v) is 14.3. The van der Waals surface area contributed by atoms with Gasteiger partial charge < -0.3 is 4.90 Å². The summed E-state index contributed by atoms with van der Waals surface area (Å²) >= 11 is 6.65. The van der Waals surface area contributed by atoms with Gasteiger partial charge in [-0.25, -0.2) is 13.2 Å². The number of nitrogens with zero attached hydrogens (tertiary/aromatic N) is 5. The van der Waals surface area contributed by atoms with Crippen LogP contribution in [0.15, 0.2) is 30.5 Å². The standard InChI is InChI=1S/C24H35ClN6O3S/c1-24(2,3)30-10-5-6-21(30)19-16-18(7-8-20(19)25)17-28-12-14-29(15-13-28)23(32)31-11-9-22(26-31)27-35(4,33)34/h7-9,11,16,21H,5-6,10,12-15,17H2,1-4H3,(H,26,27). The molecule has 0 saturated carbocycles. The number of piperazine rings is 1. The third kappa shape index (κ3) is 6.35. The SMILES string of the molecule is CC(C)(C)N1CCCC1c1cc(CN2CCN(C(=O)n3ccc(NS(C)(=O)=O)n3)CC2)ccc1Cl. The molecule has 0 aliphatic carbocycles. The van der Waals surface area contributed by atoms with E-state index < -0.39 is 10.0 Å². The summed E-state index contributed by atoms with van der Waals surface area (Å²) in [6.45, 7) is 11.3. The molecule has 9 nitrogen and oxygen atoms in total. The summed E-state index contributed by atoms with van der Waals surface area (Å²) in [4.78, 5) is 19.4. The molecule has 2 aliphatic rings. The number of carbonyl (C=O) groups is 1. The average Bonchev–Trinajstić information content (AvgIpc) is 3.44. The molecular formula is C24H35ClN6O3S. The lowest BCUT2D eigenvalue weighted by atomic mass is 9.97. The van der Waals surface area contributed by atoms with Gasteiger partial charge in [-0.3, -0.25) is 14.5 Å². The Morgan fingerprint density at radius 2 is 1.86 bits per heavy atom. The van der Waals surface area contributed by atoms with Crippen molar-refractivity contribution in [1.29, 1.82) is 0 Å². The fraction of sp³-hybridized carbons (Fsp3) is 0.583. The third-order valence-corrected chi connectivity index (χ3v) is 7.58. The molecule has 192 valence electrons. The van der Waals surface area contributed by atoms with Gasteiger partial charge in [0.25, 0.3) is 0 Å². The molecule has 2 aliphatic heterocycles. The lowest BCUT2D eigenvalue weighted by Gasteiger charge is -2.38. The normalized spacial score (nSPS) is 20.4. The highest BCUT2D eigenvalue weighted by Gasteiger charge is 2.35. The number of amides is 1. The number of nitrogens with one attached hydrogen (secondary N) is 1. The number of sulfonamides is 1. The van der Waals surface area contributed by atoms with E-state index in [0.29, 0.717) is 19.1 Å². The number of carbonyl (C=O) groups excluding carboxylic acids is 1. The molecule has 1 aromatic carbocycles. The van der Waals surface area contributed by atoms with Crippen LogP contribution in [0.2, 0.25) is 5.02 Å². The van der Waals surface area contributed by atoms with Gasteiger partial charge in [-0.05, 0) is 57.4 Å². The third-order valence-electron chi connectivity index (χ3n) is 6.66. The lowest BCUT2D eigenvalue weighted by Crippen LogP contribution is -2.49. The smallest absolute Gasteiger partial charge is 0.320 e. The van der Waals surface area contributed by atoms with E-state index in [1.54, 1.807) is 4.90 Å². The Labute approximate surface area is 213 Å². The second-order valence-corrected chi connectivity index (χ2v) is 12.6. The van der Waals surface area contributed by atoms with Gasteiger partial charge in [0.15, 0.2) is 5.82 Å². The Hall–Kier alpha value is -2.14. The number of hydrogen-bond acceptors (Lipinski definition) is 6. The minimum Gasteiger partial charge on any atom is -0.320 e. The van der Waals surface area contributed by atoms with Crippen molar-refractivity contribution >= 4 is 33.5 Å². The summed E-state index contributed by atoms with van der Waals surface area (Å²) in [5.41, 5.74) is 2.54. The first kappa shape index (κ1) is 25.9. The summed E-state index contributed by atoms with van der Waals surface area (Å²) < 4.78 is 26.2. The predicted octanol–water partition coefficient (Wildman–Crippen LogP) is 3.63. The largest absolute Gasteiger partial charge is 0.344 e. The van der Waals surface area contributed by atoms with Crippen LogP contribution in [0.5, 0.6) is 0 Å². The highest BCUT2D eigenvalue weighted by molar-refractivity contribution is 7.92.